The molecule has 7 nitrogen and oxygen atoms in total. The van der Waals surface area contributed by atoms with E-state index in [0.717, 1.165) is 24.6 Å². The molecule has 1 aliphatic rings. The molecule has 1 saturated carbocycles. The zero-order valence-electron chi connectivity index (χ0n) is 10.5. The normalized spacial score (nSPS) is 17.4. The number of rotatable bonds is 5. The van der Waals surface area contributed by atoms with Crippen LogP contribution in [0.1, 0.15) is 29.6 Å². The first-order valence-electron chi connectivity index (χ1n) is 6.01. The molecule has 1 aromatic carbocycles. The van der Waals surface area contributed by atoms with Crippen LogP contribution in [0.25, 0.3) is 0 Å². The van der Waals surface area contributed by atoms with Crippen LogP contribution in [0.15, 0.2) is 23.1 Å². The summed E-state index contributed by atoms with van der Waals surface area (Å²) < 4.78 is 26.8. The molecule has 0 bridgehead atoms. The molecule has 20 heavy (non-hydrogen) atoms. The predicted molar refractivity (Wildman–Crippen MR) is 69.1 cm³/mol. The van der Waals surface area contributed by atoms with Crippen molar-refractivity contribution in [3.05, 3.63) is 23.8 Å². The Morgan fingerprint density at radius 3 is 2.45 bits per heavy atom. The summed E-state index contributed by atoms with van der Waals surface area (Å²) >= 11 is 0. The Morgan fingerprint density at radius 2 is 2.00 bits per heavy atom. The summed E-state index contributed by atoms with van der Waals surface area (Å²) in [7, 11) is -3.95. The van der Waals surface area contributed by atoms with Gasteiger partial charge in [-0.05, 0) is 37.5 Å². The van der Waals surface area contributed by atoms with Crippen LogP contribution in [0.2, 0.25) is 0 Å². The fraction of sp³-hybridized carbons (Fsp3) is 0.417. The summed E-state index contributed by atoms with van der Waals surface area (Å²) in [6.07, 6.45) is 1.89. The number of aromatic carboxylic acids is 1. The van der Waals surface area contributed by atoms with Crippen molar-refractivity contribution in [3.63, 3.8) is 0 Å². The Hall–Kier alpha value is -1.64. The second kappa shape index (κ2) is 5.04. The van der Waals surface area contributed by atoms with Crippen LogP contribution in [-0.2, 0) is 10.0 Å². The Kier molecular flexibility index (Phi) is 3.72. The van der Waals surface area contributed by atoms with Gasteiger partial charge in [-0.15, -0.1) is 0 Å². The van der Waals surface area contributed by atoms with Gasteiger partial charge in [-0.2, -0.15) is 0 Å². The molecule has 110 valence electrons. The Bertz CT molecular complexity index is 630. The van der Waals surface area contributed by atoms with Gasteiger partial charge in [-0.25, -0.2) is 17.9 Å². The van der Waals surface area contributed by atoms with Crippen molar-refractivity contribution >= 4 is 16.0 Å². The van der Waals surface area contributed by atoms with E-state index >= 15 is 0 Å². The molecule has 0 atom stereocenters. The number of nitrogens with one attached hydrogen (secondary N) is 1. The number of hydrogen-bond donors (Lipinski definition) is 4. The summed E-state index contributed by atoms with van der Waals surface area (Å²) in [6, 6.07) is 3.03. The van der Waals surface area contributed by atoms with Crippen LogP contribution in [0.4, 0.5) is 0 Å². The van der Waals surface area contributed by atoms with E-state index in [9.17, 15) is 23.4 Å². The predicted octanol–water partition coefficient (Wildman–Crippen LogP) is 0.284. The average Bonchev–Trinajstić information content (AvgIpc) is 2.34. The zero-order chi connectivity index (χ0) is 15.0. The van der Waals surface area contributed by atoms with Crippen molar-refractivity contribution in [1.29, 1.82) is 0 Å². The van der Waals surface area contributed by atoms with Crippen LogP contribution in [0.5, 0.6) is 5.75 Å². The number of hydrogen-bond acceptors (Lipinski definition) is 5. The summed E-state index contributed by atoms with van der Waals surface area (Å²) in [5.41, 5.74) is -1.35. The number of carbonyl (C=O) groups is 1. The molecule has 0 aliphatic heterocycles. The third-order valence-electron chi connectivity index (χ3n) is 3.47. The van der Waals surface area contributed by atoms with E-state index in [-0.39, 0.29) is 11.5 Å². The first kappa shape index (κ1) is 14.8. The molecule has 0 saturated heterocycles. The van der Waals surface area contributed by atoms with Crippen molar-refractivity contribution in [2.45, 2.75) is 29.7 Å². The molecule has 0 unspecified atom stereocenters. The van der Waals surface area contributed by atoms with Crippen molar-refractivity contribution in [2.75, 3.05) is 6.61 Å². The maximum absolute atomic E-state index is 12.2. The summed E-state index contributed by atoms with van der Waals surface area (Å²) in [4.78, 5) is 10.6. The number of sulfonamides is 1. The van der Waals surface area contributed by atoms with Crippen LogP contribution >= 0.6 is 0 Å². The van der Waals surface area contributed by atoms with E-state index < -0.39 is 32.8 Å². The van der Waals surface area contributed by atoms with Gasteiger partial charge in [0.15, 0.2) is 0 Å². The lowest BCUT2D eigenvalue weighted by atomic mass is 9.78. The molecule has 1 aromatic rings. The fourth-order valence-corrected chi connectivity index (χ4v) is 3.57. The molecule has 0 amide bonds. The number of carboxylic acid groups (broad SMARTS) is 1. The molecule has 0 radical (unpaired) electrons. The van der Waals surface area contributed by atoms with Gasteiger partial charge >= 0.3 is 5.97 Å². The van der Waals surface area contributed by atoms with E-state index in [2.05, 4.69) is 4.72 Å². The highest BCUT2D eigenvalue weighted by Crippen LogP contribution is 2.33. The van der Waals surface area contributed by atoms with Crippen LogP contribution in [0.3, 0.4) is 0 Å². The first-order valence-corrected chi connectivity index (χ1v) is 7.49. The highest BCUT2D eigenvalue weighted by atomic mass is 32.2. The van der Waals surface area contributed by atoms with Gasteiger partial charge in [0.2, 0.25) is 10.0 Å². The van der Waals surface area contributed by atoms with E-state index in [4.69, 9.17) is 5.11 Å². The van der Waals surface area contributed by atoms with Crippen LogP contribution in [-0.4, -0.2) is 41.9 Å². The van der Waals surface area contributed by atoms with Gasteiger partial charge in [0.1, 0.15) is 11.3 Å². The van der Waals surface area contributed by atoms with Gasteiger partial charge < -0.3 is 15.3 Å². The first-order chi connectivity index (χ1) is 9.30. The summed E-state index contributed by atoms with van der Waals surface area (Å²) in [6.45, 7) is -0.309. The Labute approximate surface area is 115 Å². The van der Waals surface area contributed by atoms with Crippen molar-refractivity contribution < 1.29 is 28.5 Å². The summed E-state index contributed by atoms with van der Waals surface area (Å²) in [5.74, 6) is -1.92. The fourth-order valence-electron chi connectivity index (χ4n) is 2.09. The van der Waals surface area contributed by atoms with E-state index in [1.807, 2.05) is 0 Å². The zero-order valence-corrected chi connectivity index (χ0v) is 11.4. The molecule has 0 aromatic heterocycles. The topological polar surface area (TPSA) is 124 Å². The molecule has 4 N–H and O–H groups in total. The second-order valence-electron chi connectivity index (χ2n) is 4.88. The molecule has 8 heteroatoms. The van der Waals surface area contributed by atoms with Gasteiger partial charge in [0.05, 0.1) is 17.0 Å². The minimum atomic E-state index is -3.95. The van der Waals surface area contributed by atoms with Crippen molar-refractivity contribution in [1.82, 2.24) is 4.72 Å². The van der Waals surface area contributed by atoms with Gasteiger partial charge in [-0.1, -0.05) is 0 Å². The monoisotopic (exact) mass is 301 g/mol. The maximum atomic E-state index is 12.2. The number of carboxylic acids is 1. The largest absolute Gasteiger partial charge is 0.507 e. The highest BCUT2D eigenvalue weighted by Gasteiger charge is 2.40. The van der Waals surface area contributed by atoms with Gasteiger partial charge in [-0.3, -0.25) is 0 Å². The SMILES string of the molecule is O=C(O)c1cc(S(=O)(=O)NC2(CO)CCC2)ccc1O. The van der Waals surface area contributed by atoms with E-state index in [1.54, 1.807) is 0 Å². The Morgan fingerprint density at radius 1 is 1.35 bits per heavy atom. The summed E-state index contributed by atoms with van der Waals surface area (Å²) in [5, 5.41) is 27.5. The average molecular weight is 301 g/mol. The number of aromatic hydroxyl groups is 1. The molecular formula is C12H15NO6S. The third kappa shape index (κ3) is 2.62. The molecular weight excluding hydrogens is 286 g/mol. The third-order valence-corrected chi connectivity index (χ3v) is 5.05. The Balaban J connectivity index is 2.35. The standard InChI is InChI=1S/C12H15NO6S/c14-7-12(4-1-5-12)13-20(18,19)8-2-3-10(15)9(6-8)11(16)17/h2-3,6,13-15H,1,4-5,7H2,(H,16,17). The van der Waals surface area contributed by atoms with Gasteiger partial charge in [0.25, 0.3) is 0 Å². The number of benzene rings is 1. The second-order valence-corrected chi connectivity index (χ2v) is 6.56. The van der Waals surface area contributed by atoms with Crippen molar-refractivity contribution in [2.24, 2.45) is 0 Å². The minimum absolute atomic E-state index is 0.257. The van der Waals surface area contributed by atoms with Crippen molar-refractivity contribution in [3.8, 4) is 5.75 Å². The lowest BCUT2D eigenvalue weighted by molar-refractivity contribution is 0.0693. The van der Waals surface area contributed by atoms with Crippen LogP contribution in [0, 0.1) is 0 Å². The number of aliphatic hydroxyl groups excluding tert-OH is 1. The molecule has 1 fully saturated rings. The van der Waals surface area contributed by atoms with E-state index in [1.165, 1.54) is 0 Å². The van der Waals surface area contributed by atoms with E-state index in [0.29, 0.717) is 12.8 Å². The minimum Gasteiger partial charge on any atom is -0.507 e. The maximum Gasteiger partial charge on any atom is 0.339 e. The number of phenols is 1. The lowest BCUT2D eigenvalue weighted by Crippen LogP contribution is -2.55. The highest BCUT2D eigenvalue weighted by molar-refractivity contribution is 7.89. The lowest BCUT2D eigenvalue weighted by Gasteiger charge is -2.40. The molecule has 2 rings (SSSR count). The quantitative estimate of drug-likeness (QED) is 0.619. The van der Waals surface area contributed by atoms with Gasteiger partial charge in [0, 0.05) is 0 Å². The smallest absolute Gasteiger partial charge is 0.339 e. The molecule has 0 spiro atoms. The molecule has 1 aliphatic carbocycles. The van der Waals surface area contributed by atoms with Crippen LogP contribution < -0.4 is 4.72 Å². The molecule has 0 heterocycles. The number of aliphatic hydroxyl groups is 1.